The zero-order valence-corrected chi connectivity index (χ0v) is 16.8. The van der Waals surface area contributed by atoms with Gasteiger partial charge >= 0.3 is 0 Å². The molecule has 4 nitrogen and oxygen atoms in total. The van der Waals surface area contributed by atoms with Crippen molar-refractivity contribution >= 4 is 60.1 Å². The average molecular weight is 440 g/mol. The van der Waals surface area contributed by atoms with Crippen LogP contribution in [0.2, 0.25) is 5.02 Å². The van der Waals surface area contributed by atoms with Crippen LogP contribution < -0.4 is 10.1 Å². The number of hydrogen-bond acceptors (Lipinski definition) is 4. The summed E-state index contributed by atoms with van der Waals surface area (Å²) in [5, 5.41) is 3.98. The third-order valence-electron chi connectivity index (χ3n) is 3.66. The summed E-state index contributed by atoms with van der Waals surface area (Å²) in [6, 6.07) is 11.3. The second kappa shape index (κ2) is 7.72. The number of aryl methyl sites for hydroxylation is 1. The molecule has 25 heavy (non-hydrogen) atoms. The molecule has 0 saturated carbocycles. The van der Waals surface area contributed by atoms with E-state index in [9.17, 15) is 4.79 Å². The molecule has 7 heteroatoms. The fourth-order valence-corrected chi connectivity index (χ4v) is 3.97. The molecular weight excluding hydrogens is 424 g/mol. The number of fused-ring (bicyclic) bond motifs is 1. The normalized spacial score (nSPS) is 12.2. The topological polar surface area (TPSA) is 51.2 Å². The van der Waals surface area contributed by atoms with Crippen LogP contribution in [0.25, 0.3) is 10.2 Å². The minimum atomic E-state index is -0.671. The number of carbonyl (C=O) groups is 1. The van der Waals surface area contributed by atoms with Gasteiger partial charge in [0, 0.05) is 5.02 Å². The Morgan fingerprint density at radius 3 is 2.88 bits per heavy atom. The van der Waals surface area contributed by atoms with E-state index in [2.05, 4.69) is 45.3 Å². The Kier molecular flexibility index (Phi) is 5.61. The van der Waals surface area contributed by atoms with Crippen molar-refractivity contribution in [1.82, 2.24) is 4.98 Å². The highest BCUT2D eigenvalue weighted by atomic mass is 79.9. The number of halogens is 2. The predicted molar refractivity (Wildman–Crippen MR) is 107 cm³/mol. The molecule has 3 aromatic rings. The second-order valence-electron chi connectivity index (χ2n) is 5.50. The molecule has 0 saturated heterocycles. The van der Waals surface area contributed by atoms with Gasteiger partial charge in [0.15, 0.2) is 11.2 Å². The number of rotatable bonds is 5. The molecule has 3 rings (SSSR count). The van der Waals surface area contributed by atoms with E-state index in [1.54, 1.807) is 25.1 Å². The van der Waals surface area contributed by atoms with Crippen molar-refractivity contribution in [2.24, 2.45) is 0 Å². The number of carbonyl (C=O) groups excluding carboxylic acids is 1. The fraction of sp³-hybridized carbons (Fsp3) is 0.222. The maximum atomic E-state index is 12.4. The predicted octanol–water partition coefficient (Wildman–Crippen LogP) is 5.68. The van der Waals surface area contributed by atoms with Crippen molar-refractivity contribution in [3.63, 3.8) is 0 Å². The van der Waals surface area contributed by atoms with E-state index in [-0.39, 0.29) is 5.91 Å². The highest BCUT2D eigenvalue weighted by Gasteiger charge is 2.18. The smallest absolute Gasteiger partial charge is 0.266 e. The van der Waals surface area contributed by atoms with Gasteiger partial charge in [0.05, 0.1) is 14.7 Å². The molecule has 0 bridgehead atoms. The first-order valence-corrected chi connectivity index (χ1v) is 9.77. The molecule has 130 valence electrons. The van der Waals surface area contributed by atoms with Crippen LogP contribution in [0, 0.1) is 0 Å². The molecule has 0 fully saturated rings. The van der Waals surface area contributed by atoms with Crippen LogP contribution in [0.3, 0.4) is 0 Å². The maximum Gasteiger partial charge on any atom is 0.266 e. The zero-order chi connectivity index (χ0) is 18.0. The monoisotopic (exact) mass is 438 g/mol. The molecule has 1 aromatic heterocycles. The van der Waals surface area contributed by atoms with Crippen LogP contribution in [0.1, 0.15) is 19.4 Å². The Hall–Kier alpha value is -1.63. The molecule has 0 spiro atoms. The number of amides is 1. The lowest BCUT2D eigenvalue weighted by Gasteiger charge is -2.14. The summed E-state index contributed by atoms with van der Waals surface area (Å²) in [6.07, 6.45) is 0.298. The summed E-state index contributed by atoms with van der Waals surface area (Å²) < 4.78 is 7.46. The summed E-state index contributed by atoms with van der Waals surface area (Å²) in [6.45, 7) is 3.80. The van der Waals surface area contributed by atoms with E-state index in [0.29, 0.717) is 20.4 Å². The molecule has 0 aliphatic heterocycles. The maximum absolute atomic E-state index is 12.4. The number of hydrogen-bond donors (Lipinski definition) is 1. The minimum Gasteiger partial charge on any atom is -0.480 e. The van der Waals surface area contributed by atoms with E-state index in [1.165, 1.54) is 16.9 Å². The van der Waals surface area contributed by atoms with Crippen LogP contribution in [-0.4, -0.2) is 17.0 Å². The first-order valence-electron chi connectivity index (χ1n) is 7.78. The van der Waals surface area contributed by atoms with Gasteiger partial charge in [-0.3, -0.25) is 10.1 Å². The Morgan fingerprint density at radius 2 is 2.16 bits per heavy atom. The van der Waals surface area contributed by atoms with Gasteiger partial charge in [0.1, 0.15) is 5.75 Å². The van der Waals surface area contributed by atoms with Gasteiger partial charge in [0.25, 0.3) is 5.91 Å². The van der Waals surface area contributed by atoms with Crippen molar-refractivity contribution in [2.75, 3.05) is 5.32 Å². The third-order valence-corrected chi connectivity index (χ3v) is 5.45. The highest BCUT2D eigenvalue weighted by Crippen LogP contribution is 2.30. The van der Waals surface area contributed by atoms with Gasteiger partial charge in [0.2, 0.25) is 0 Å². The van der Waals surface area contributed by atoms with Crippen LogP contribution >= 0.6 is 38.9 Å². The Labute approximate surface area is 163 Å². The van der Waals surface area contributed by atoms with Gasteiger partial charge in [-0.15, -0.1) is 0 Å². The van der Waals surface area contributed by atoms with Crippen molar-refractivity contribution in [3.05, 3.63) is 51.5 Å². The lowest BCUT2D eigenvalue weighted by atomic mass is 10.2. The Morgan fingerprint density at radius 1 is 1.36 bits per heavy atom. The van der Waals surface area contributed by atoms with E-state index >= 15 is 0 Å². The summed E-state index contributed by atoms with van der Waals surface area (Å²) in [7, 11) is 0. The second-order valence-corrected chi connectivity index (χ2v) is 7.82. The molecule has 0 radical (unpaired) electrons. The molecular formula is C18H16BrClN2O2S. The van der Waals surface area contributed by atoms with Crippen molar-refractivity contribution in [2.45, 2.75) is 26.4 Å². The number of ether oxygens (including phenoxy) is 1. The quantitative estimate of drug-likeness (QED) is 0.556. The first-order chi connectivity index (χ1) is 12.0. The summed E-state index contributed by atoms with van der Waals surface area (Å²) >= 11 is 10.7. The molecule has 0 aliphatic rings. The molecule has 1 atom stereocenters. The van der Waals surface area contributed by atoms with Crippen LogP contribution in [-0.2, 0) is 11.2 Å². The van der Waals surface area contributed by atoms with Gasteiger partial charge in [-0.25, -0.2) is 4.98 Å². The van der Waals surface area contributed by atoms with Crippen LogP contribution in [0.5, 0.6) is 5.75 Å². The summed E-state index contributed by atoms with van der Waals surface area (Å²) in [5.74, 6) is 0.306. The standard InChI is InChI=1S/C18H16BrClN2O2S/c1-3-11-4-6-14-16(8-11)25-18(21-14)22-17(23)10(2)24-15-7-5-12(20)9-13(15)19/h4-10H,3H2,1-2H3,(H,21,22,23). The minimum absolute atomic E-state index is 0.253. The lowest BCUT2D eigenvalue weighted by Crippen LogP contribution is -2.30. The number of nitrogens with one attached hydrogen (secondary N) is 1. The Bertz CT molecular complexity index is 929. The highest BCUT2D eigenvalue weighted by molar-refractivity contribution is 9.10. The number of thiazole rings is 1. The van der Waals surface area contributed by atoms with E-state index in [4.69, 9.17) is 16.3 Å². The molecule has 2 aromatic carbocycles. The first kappa shape index (κ1) is 18.2. The summed E-state index contributed by atoms with van der Waals surface area (Å²) in [4.78, 5) is 16.8. The molecule has 0 aliphatic carbocycles. The average Bonchev–Trinajstić information content (AvgIpc) is 2.98. The Balaban J connectivity index is 1.70. The van der Waals surface area contributed by atoms with Gasteiger partial charge in [-0.05, 0) is 65.2 Å². The van der Waals surface area contributed by atoms with Crippen molar-refractivity contribution in [1.29, 1.82) is 0 Å². The molecule has 1 heterocycles. The van der Waals surface area contributed by atoms with Crippen molar-refractivity contribution < 1.29 is 9.53 Å². The van der Waals surface area contributed by atoms with Crippen molar-refractivity contribution in [3.8, 4) is 5.75 Å². The number of aromatic nitrogens is 1. The largest absolute Gasteiger partial charge is 0.480 e. The van der Waals surface area contributed by atoms with Gasteiger partial charge in [-0.1, -0.05) is 35.9 Å². The third kappa shape index (κ3) is 4.32. The molecule has 1 amide bonds. The number of nitrogens with zero attached hydrogens (tertiary/aromatic N) is 1. The van der Waals surface area contributed by atoms with Gasteiger partial charge < -0.3 is 4.74 Å². The zero-order valence-electron chi connectivity index (χ0n) is 13.7. The molecule has 1 N–H and O–H groups in total. The SMILES string of the molecule is CCc1ccc2nc(NC(=O)C(C)Oc3ccc(Cl)cc3Br)sc2c1. The van der Waals surface area contributed by atoms with E-state index in [1.807, 2.05) is 6.07 Å². The number of benzene rings is 2. The summed E-state index contributed by atoms with van der Waals surface area (Å²) in [5.41, 5.74) is 2.13. The van der Waals surface area contributed by atoms with Crippen LogP contribution in [0.15, 0.2) is 40.9 Å². The molecule has 1 unspecified atom stereocenters. The fourth-order valence-electron chi connectivity index (χ4n) is 2.26. The van der Waals surface area contributed by atoms with E-state index in [0.717, 1.165) is 16.6 Å². The number of anilines is 1. The van der Waals surface area contributed by atoms with E-state index < -0.39 is 6.10 Å². The van der Waals surface area contributed by atoms with Gasteiger partial charge in [-0.2, -0.15) is 0 Å². The van der Waals surface area contributed by atoms with Crippen LogP contribution in [0.4, 0.5) is 5.13 Å². The lowest BCUT2D eigenvalue weighted by molar-refractivity contribution is -0.122.